The highest BCUT2D eigenvalue weighted by molar-refractivity contribution is 9.10. The maximum atomic E-state index is 12.7. The molecule has 1 saturated heterocycles. The van der Waals surface area contributed by atoms with Crippen LogP contribution in [0.5, 0.6) is 5.75 Å². The van der Waals surface area contributed by atoms with Gasteiger partial charge in [0.15, 0.2) is 5.79 Å². The zero-order chi connectivity index (χ0) is 15.0. The van der Waals surface area contributed by atoms with Crippen LogP contribution in [0.4, 0.5) is 13.2 Å². The Balaban J connectivity index is 2.01. The molecule has 2 rings (SSSR count). The van der Waals surface area contributed by atoms with E-state index in [1.54, 1.807) is 13.8 Å². The van der Waals surface area contributed by atoms with Gasteiger partial charge in [0.25, 0.3) is 0 Å². The summed E-state index contributed by atoms with van der Waals surface area (Å²) in [5.41, 5.74) is -0.765. The first kappa shape index (κ1) is 15.6. The highest BCUT2D eigenvalue weighted by Gasteiger charge is 2.34. The second-order valence-corrected chi connectivity index (χ2v) is 5.76. The lowest BCUT2D eigenvalue weighted by molar-refractivity contribution is -0.141. The predicted octanol–water partition coefficient (Wildman–Crippen LogP) is 4.00. The first-order chi connectivity index (χ1) is 9.17. The van der Waals surface area contributed by atoms with Crippen molar-refractivity contribution in [2.24, 2.45) is 0 Å². The number of alkyl halides is 3. The second-order valence-electron chi connectivity index (χ2n) is 4.90. The molecule has 1 aliphatic rings. The van der Waals surface area contributed by atoms with E-state index in [0.717, 1.165) is 6.07 Å². The Hall–Kier alpha value is -0.790. The van der Waals surface area contributed by atoms with Gasteiger partial charge in [0.1, 0.15) is 18.5 Å². The predicted molar refractivity (Wildman–Crippen MR) is 69.5 cm³/mol. The summed E-state index contributed by atoms with van der Waals surface area (Å²) >= 11 is 2.88. The molecular weight excluding hydrogens is 341 g/mol. The van der Waals surface area contributed by atoms with E-state index in [2.05, 4.69) is 15.9 Å². The van der Waals surface area contributed by atoms with E-state index in [1.165, 1.54) is 12.1 Å². The van der Waals surface area contributed by atoms with Crippen molar-refractivity contribution in [2.45, 2.75) is 31.9 Å². The number of benzene rings is 1. The van der Waals surface area contributed by atoms with Crippen molar-refractivity contribution < 1.29 is 27.4 Å². The molecule has 1 atom stereocenters. The first-order valence-electron chi connectivity index (χ1n) is 5.99. The van der Waals surface area contributed by atoms with Crippen molar-refractivity contribution in [1.29, 1.82) is 0 Å². The van der Waals surface area contributed by atoms with Crippen LogP contribution in [0, 0.1) is 0 Å². The summed E-state index contributed by atoms with van der Waals surface area (Å²) in [6.07, 6.45) is -4.71. The number of rotatable bonds is 3. The zero-order valence-corrected chi connectivity index (χ0v) is 12.5. The van der Waals surface area contributed by atoms with Gasteiger partial charge in [0.2, 0.25) is 0 Å². The molecule has 7 heteroatoms. The van der Waals surface area contributed by atoms with E-state index in [0.29, 0.717) is 6.61 Å². The average Bonchev–Trinajstić information content (AvgIpc) is 2.66. The van der Waals surface area contributed by atoms with Gasteiger partial charge >= 0.3 is 6.18 Å². The first-order valence-corrected chi connectivity index (χ1v) is 6.78. The molecule has 20 heavy (non-hydrogen) atoms. The molecule has 1 aromatic carbocycles. The normalized spacial score (nSPS) is 22.0. The van der Waals surface area contributed by atoms with Crippen molar-refractivity contribution in [1.82, 2.24) is 0 Å². The van der Waals surface area contributed by atoms with Crippen LogP contribution in [0.25, 0.3) is 0 Å². The molecule has 0 amide bonds. The molecule has 112 valence electrons. The summed E-state index contributed by atoms with van der Waals surface area (Å²) in [6.45, 7) is 4.04. The molecular formula is C13H14BrF3O3. The molecule has 0 N–H and O–H groups in total. The summed E-state index contributed by atoms with van der Waals surface area (Å²) in [4.78, 5) is 0. The van der Waals surface area contributed by atoms with Crippen molar-refractivity contribution >= 4 is 15.9 Å². The van der Waals surface area contributed by atoms with E-state index in [4.69, 9.17) is 14.2 Å². The Kier molecular flexibility index (Phi) is 4.32. The lowest BCUT2D eigenvalue weighted by atomic mass is 10.2. The zero-order valence-electron chi connectivity index (χ0n) is 11.0. The number of hydrogen-bond donors (Lipinski definition) is 0. The molecule has 3 nitrogen and oxygen atoms in total. The quantitative estimate of drug-likeness (QED) is 0.821. The van der Waals surface area contributed by atoms with Crippen molar-refractivity contribution in [3.63, 3.8) is 0 Å². The lowest BCUT2D eigenvalue weighted by Crippen LogP contribution is -2.25. The van der Waals surface area contributed by atoms with Gasteiger partial charge in [-0.2, -0.15) is 13.2 Å². The van der Waals surface area contributed by atoms with Crippen molar-refractivity contribution in [3.05, 3.63) is 28.2 Å². The van der Waals surface area contributed by atoms with Gasteiger partial charge in [-0.05, 0) is 32.0 Å². The average molecular weight is 355 g/mol. The van der Waals surface area contributed by atoms with Gasteiger partial charge in [-0.3, -0.25) is 0 Å². The van der Waals surface area contributed by atoms with E-state index < -0.39 is 17.5 Å². The molecule has 0 saturated carbocycles. The molecule has 0 aliphatic carbocycles. The molecule has 0 spiro atoms. The van der Waals surface area contributed by atoms with Crippen LogP contribution in [0.3, 0.4) is 0 Å². The third kappa shape index (κ3) is 3.86. The van der Waals surface area contributed by atoms with Gasteiger partial charge in [-0.15, -0.1) is 0 Å². The third-order valence-corrected chi connectivity index (χ3v) is 3.44. The Morgan fingerprint density at radius 1 is 1.40 bits per heavy atom. The Morgan fingerprint density at radius 2 is 2.10 bits per heavy atom. The molecule has 1 aromatic rings. The lowest BCUT2D eigenvalue weighted by Gasteiger charge is -2.17. The Bertz CT molecular complexity index is 488. The maximum absolute atomic E-state index is 12.7. The van der Waals surface area contributed by atoms with E-state index in [9.17, 15) is 13.2 Å². The van der Waals surface area contributed by atoms with Crippen molar-refractivity contribution in [3.8, 4) is 5.75 Å². The van der Waals surface area contributed by atoms with Gasteiger partial charge in [-0.25, -0.2) is 0 Å². The fourth-order valence-electron chi connectivity index (χ4n) is 1.85. The van der Waals surface area contributed by atoms with Crippen LogP contribution in [-0.2, 0) is 15.7 Å². The highest BCUT2D eigenvalue weighted by Crippen LogP contribution is 2.37. The Morgan fingerprint density at radius 3 is 2.65 bits per heavy atom. The summed E-state index contributed by atoms with van der Waals surface area (Å²) < 4.78 is 54.4. The molecule has 1 heterocycles. The summed E-state index contributed by atoms with van der Waals surface area (Å²) in [5.74, 6) is -0.529. The Labute approximate surface area is 123 Å². The van der Waals surface area contributed by atoms with Crippen LogP contribution in [0.2, 0.25) is 0 Å². The van der Waals surface area contributed by atoms with Gasteiger partial charge in [0, 0.05) is 4.47 Å². The maximum Gasteiger partial charge on any atom is 0.417 e. The molecule has 0 radical (unpaired) electrons. The third-order valence-electron chi connectivity index (χ3n) is 2.75. The fraction of sp³-hybridized carbons (Fsp3) is 0.538. The number of halogens is 4. The highest BCUT2D eigenvalue weighted by atomic mass is 79.9. The molecule has 0 aromatic heterocycles. The largest absolute Gasteiger partial charge is 0.491 e. The molecule has 1 fully saturated rings. The number of hydrogen-bond acceptors (Lipinski definition) is 3. The van der Waals surface area contributed by atoms with E-state index in [1.807, 2.05) is 0 Å². The second kappa shape index (κ2) is 5.54. The molecule has 0 bridgehead atoms. The van der Waals surface area contributed by atoms with E-state index in [-0.39, 0.29) is 22.9 Å². The molecule has 1 aliphatic heterocycles. The van der Waals surface area contributed by atoms with Crippen LogP contribution in [0.1, 0.15) is 19.4 Å². The fourth-order valence-corrected chi connectivity index (χ4v) is 2.32. The summed E-state index contributed by atoms with van der Waals surface area (Å²) in [6, 6.07) is 3.75. The molecule has 1 unspecified atom stereocenters. The van der Waals surface area contributed by atoms with E-state index >= 15 is 0 Å². The summed E-state index contributed by atoms with van der Waals surface area (Å²) in [7, 11) is 0. The smallest absolute Gasteiger partial charge is 0.417 e. The van der Waals surface area contributed by atoms with Crippen LogP contribution in [-0.4, -0.2) is 25.1 Å². The minimum atomic E-state index is -4.42. The standard InChI is InChI=1S/C13H14BrF3O3/c1-12(2)19-7-9(20-12)6-18-8-3-4-11(14)10(5-8)13(15,16)17/h3-5,9H,6-7H2,1-2H3. The minimum Gasteiger partial charge on any atom is -0.491 e. The van der Waals surface area contributed by atoms with Gasteiger partial charge in [0.05, 0.1) is 12.2 Å². The summed E-state index contributed by atoms with van der Waals surface area (Å²) in [5, 5.41) is 0. The number of ether oxygens (including phenoxy) is 3. The van der Waals surface area contributed by atoms with Crippen LogP contribution >= 0.6 is 15.9 Å². The van der Waals surface area contributed by atoms with Crippen molar-refractivity contribution in [2.75, 3.05) is 13.2 Å². The SMILES string of the molecule is CC1(C)OCC(COc2ccc(Br)c(C(F)(F)F)c2)O1. The van der Waals surface area contributed by atoms with Crippen LogP contribution in [0.15, 0.2) is 22.7 Å². The minimum absolute atomic E-state index is 0.0149. The monoisotopic (exact) mass is 354 g/mol. The van der Waals surface area contributed by atoms with Gasteiger partial charge < -0.3 is 14.2 Å². The van der Waals surface area contributed by atoms with Gasteiger partial charge in [-0.1, -0.05) is 15.9 Å². The topological polar surface area (TPSA) is 27.7 Å². The van der Waals surface area contributed by atoms with Crippen LogP contribution < -0.4 is 4.74 Å².